The Labute approximate surface area is 134 Å². The van der Waals surface area contributed by atoms with Crippen molar-refractivity contribution in [1.29, 1.82) is 0 Å². The largest absolute Gasteiger partial charge is 0.492 e. The van der Waals surface area contributed by atoms with Crippen molar-refractivity contribution in [2.75, 3.05) is 18.9 Å². The van der Waals surface area contributed by atoms with Crippen molar-refractivity contribution in [3.05, 3.63) is 41.2 Å². The summed E-state index contributed by atoms with van der Waals surface area (Å²) in [5, 5.41) is 4.41. The molecule has 1 heterocycles. The maximum atomic E-state index is 12.7. The molecule has 0 aliphatic carbocycles. The molecule has 5 nitrogen and oxygen atoms in total. The zero-order chi connectivity index (χ0) is 15.9. The fourth-order valence-electron chi connectivity index (χ4n) is 1.56. The van der Waals surface area contributed by atoms with Crippen LogP contribution in [0, 0.1) is 12.7 Å². The Morgan fingerprint density at radius 2 is 2.14 bits per heavy atom. The Balaban J connectivity index is 1.67. The van der Waals surface area contributed by atoms with Gasteiger partial charge in [0.05, 0.1) is 17.3 Å². The van der Waals surface area contributed by atoms with Gasteiger partial charge in [-0.3, -0.25) is 9.00 Å². The number of amides is 1. The lowest BCUT2D eigenvalue weighted by Crippen LogP contribution is -2.31. The van der Waals surface area contributed by atoms with Crippen LogP contribution in [-0.2, 0) is 15.6 Å². The number of nitrogens with zero attached hydrogens (tertiary/aromatic N) is 1. The van der Waals surface area contributed by atoms with Gasteiger partial charge in [-0.25, -0.2) is 9.37 Å². The number of carbonyl (C=O) groups is 1. The van der Waals surface area contributed by atoms with Crippen molar-refractivity contribution in [1.82, 2.24) is 10.3 Å². The van der Waals surface area contributed by atoms with Gasteiger partial charge < -0.3 is 10.1 Å². The first kappa shape index (κ1) is 16.6. The molecule has 1 atom stereocenters. The molecular weight excluding hydrogens is 327 g/mol. The molecule has 2 aromatic rings. The Kier molecular flexibility index (Phi) is 6.02. The third kappa shape index (κ3) is 5.19. The highest BCUT2D eigenvalue weighted by atomic mass is 32.2. The molecule has 1 amide bonds. The van der Waals surface area contributed by atoms with Gasteiger partial charge in [-0.2, -0.15) is 0 Å². The van der Waals surface area contributed by atoms with E-state index in [0.717, 1.165) is 5.69 Å². The van der Waals surface area contributed by atoms with E-state index in [1.54, 1.807) is 5.38 Å². The van der Waals surface area contributed by atoms with Crippen LogP contribution in [0.5, 0.6) is 5.75 Å². The molecule has 0 radical (unpaired) electrons. The number of aromatic nitrogens is 1. The highest BCUT2D eigenvalue weighted by molar-refractivity contribution is 7.87. The van der Waals surface area contributed by atoms with Gasteiger partial charge in [0.2, 0.25) is 5.91 Å². The van der Waals surface area contributed by atoms with E-state index in [-0.39, 0.29) is 30.6 Å². The Morgan fingerprint density at radius 1 is 1.41 bits per heavy atom. The molecule has 0 aliphatic rings. The predicted molar refractivity (Wildman–Crippen MR) is 83.0 cm³/mol. The minimum absolute atomic E-state index is 0.122. The lowest BCUT2D eigenvalue weighted by Gasteiger charge is -2.07. The SMILES string of the molecule is Cc1csc([S@@](=O)CC(=O)NCCOc2ccc(F)cc2)n1. The molecule has 0 bridgehead atoms. The molecular formula is C14H15FN2O3S2. The number of carbonyl (C=O) groups excluding carboxylic acids is 1. The Hall–Kier alpha value is -1.80. The van der Waals surface area contributed by atoms with Gasteiger partial charge in [0.15, 0.2) is 4.34 Å². The summed E-state index contributed by atoms with van der Waals surface area (Å²) < 4.78 is 30.4. The molecule has 1 aromatic carbocycles. The number of ether oxygens (including phenoxy) is 1. The molecule has 118 valence electrons. The van der Waals surface area contributed by atoms with Crippen molar-refractivity contribution < 1.29 is 18.1 Å². The lowest BCUT2D eigenvalue weighted by atomic mass is 10.3. The number of hydrogen-bond donors (Lipinski definition) is 1. The van der Waals surface area contributed by atoms with Gasteiger partial charge in [-0.15, -0.1) is 11.3 Å². The number of thiazole rings is 1. The molecule has 0 fully saturated rings. The summed E-state index contributed by atoms with van der Waals surface area (Å²) in [6.45, 7) is 2.34. The monoisotopic (exact) mass is 342 g/mol. The van der Waals surface area contributed by atoms with Crippen molar-refractivity contribution in [3.63, 3.8) is 0 Å². The summed E-state index contributed by atoms with van der Waals surface area (Å²) >= 11 is 1.28. The number of hydrogen-bond acceptors (Lipinski definition) is 5. The zero-order valence-corrected chi connectivity index (χ0v) is 13.5. The zero-order valence-electron chi connectivity index (χ0n) is 11.9. The van der Waals surface area contributed by atoms with Gasteiger partial charge in [-0.05, 0) is 31.2 Å². The van der Waals surface area contributed by atoms with E-state index in [0.29, 0.717) is 10.1 Å². The first-order valence-electron chi connectivity index (χ1n) is 6.50. The maximum Gasteiger partial charge on any atom is 0.233 e. The highest BCUT2D eigenvalue weighted by Gasteiger charge is 2.12. The van der Waals surface area contributed by atoms with Crippen molar-refractivity contribution in [2.45, 2.75) is 11.3 Å². The van der Waals surface area contributed by atoms with Crippen LogP contribution in [0.4, 0.5) is 4.39 Å². The maximum absolute atomic E-state index is 12.7. The molecule has 0 saturated carbocycles. The van der Waals surface area contributed by atoms with Crippen LogP contribution in [0.1, 0.15) is 5.69 Å². The van der Waals surface area contributed by atoms with Crippen LogP contribution in [-0.4, -0.2) is 34.0 Å². The minimum atomic E-state index is -1.42. The highest BCUT2D eigenvalue weighted by Crippen LogP contribution is 2.13. The third-order valence-corrected chi connectivity index (χ3v) is 5.16. The second-order valence-electron chi connectivity index (χ2n) is 4.40. The molecule has 2 rings (SSSR count). The van der Waals surface area contributed by atoms with Crippen LogP contribution in [0.2, 0.25) is 0 Å². The fourth-order valence-corrected chi connectivity index (χ4v) is 3.54. The van der Waals surface area contributed by atoms with Crippen LogP contribution < -0.4 is 10.1 Å². The standard InChI is InChI=1S/C14H15FN2O3S2/c1-10-8-21-14(17-10)22(19)9-13(18)16-6-7-20-12-4-2-11(15)3-5-12/h2-5,8H,6-7,9H2,1H3,(H,16,18)/t22-/m0/s1. The van der Waals surface area contributed by atoms with E-state index < -0.39 is 10.8 Å². The summed E-state index contributed by atoms with van der Waals surface area (Å²) in [5.41, 5.74) is 0.793. The number of halogens is 1. The van der Waals surface area contributed by atoms with E-state index in [2.05, 4.69) is 10.3 Å². The molecule has 0 spiro atoms. The third-order valence-electron chi connectivity index (χ3n) is 2.56. The Morgan fingerprint density at radius 3 is 2.77 bits per heavy atom. The van der Waals surface area contributed by atoms with Crippen molar-refractivity contribution >= 4 is 28.0 Å². The van der Waals surface area contributed by atoms with Crippen LogP contribution in [0.3, 0.4) is 0 Å². The summed E-state index contributed by atoms with van der Waals surface area (Å²) in [5.74, 6) is -0.254. The number of aryl methyl sites for hydroxylation is 1. The number of rotatable bonds is 7. The van der Waals surface area contributed by atoms with E-state index in [1.165, 1.54) is 35.6 Å². The van der Waals surface area contributed by atoms with E-state index in [1.807, 2.05) is 6.92 Å². The van der Waals surface area contributed by atoms with Crippen LogP contribution in [0.25, 0.3) is 0 Å². The van der Waals surface area contributed by atoms with Gasteiger partial charge in [0, 0.05) is 11.1 Å². The second-order valence-corrected chi connectivity index (χ2v) is 6.88. The van der Waals surface area contributed by atoms with E-state index >= 15 is 0 Å². The van der Waals surface area contributed by atoms with E-state index in [9.17, 15) is 13.4 Å². The fraction of sp³-hybridized carbons (Fsp3) is 0.286. The first-order chi connectivity index (χ1) is 10.5. The average Bonchev–Trinajstić information content (AvgIpc) is 2.92. The van der Waals surface area contributed by atoms with Crippen molar-refractivity contribution in [2.24, 2.45) is 0 Å². The average molecular weight is 342 g/mol. The molecule has 22 heavy (non-hydrogen) atoms. The quantitative estimate of drug-likeness (QED) is 0.780. The van der Waals surface area contributed by atoms with Gasteiger partial charge >= 0.3 is 0 Å². The van der Waals surface area contributed by atoms with Crippen LogP contribution >= 0.6 is 11.3 Å². The van der Waals surface area contributed by atoms with Crippen molar-refractivity contribution in [3.8, 4) is 5.75 Å². The number of benzene rings is 1. The summed E-state index contributed by atoms with van der Waals surface area (Å²) in [6.07, 6.45) is 0. The van der Waals surface area contributed by atoms with Gasteiger partial charge in [0.25, 0.3) is 0 Å². The molecule has 1 N–H and O–H groups in total. The number of nitrogens with one attached hydrogen (secondary N) is 1. The first-order valence-corrected chi connectivity index (χ1v) is 8.70. The molecule has 0 saturated heterocycles. The van der Waals surface area contributed by atoms with Gasteiger partial charge in [-0.1, -0.05) is 0 Å². The molecule has 0 aliphatic heterocycles. The summed E-state index contributed by atoms with van der Waals surface area (Å²) in [4.78, 5) is 15.7. The minimum Gasteiger partial charge on any atom is -0.492 e. The molecule has 8 heteroatoms. The second kappa shape index (κ2) is 8.00. The lowest BCUT2D eigenvalue weighted by molar-refractivity contribution is -0.118. The Bertz CT molecular complexity index is 658. The van der Waals surface area contributed by atoms with Gasteiger partial charge in [0.1, 0.15) is 23.9 Å². The summed E-state index contributed by atoms with van der Waals surface area (Å²) in [7, 11) is -1.42. The summed E-state index contributed by atoms with van der Waals surface area (Å²) in [6, 6.07) is 5.62. The van der Waals surface area contributed by atoms with E-state index in [4.69, 9.17) is 4.74 Å². The molecule has 0 unspecified atom stereocenters. The van der Waals surface area contributed by atoms with Crippen LogP contribution in [0.15, 0.2) is 34.0 Å². The predicted octanol–water partition coefficient (Wildman–Crippen LogP) is 1.89. The molecule has 1 aromatic heterocycles. The topological polar surface area (TPSA) is 68.3 Å². The normalized spacial score (nSPS) is 11.9. The smallest absolute Gasteiger partial charge is 0.233 e.